The second-order valence-corrected chi connectivity index (χ2v) is 5.93. The molecule has 0 bridgehead atoms. The van der Waals surface area contributed by atoms with E-state index >= 15 is 0 Å². The van der Waals surface area contributed by atoms with Gasteiger partial charge in [0.2, 0.25) is 11.8 Å². The molecular weight excluding hydrogens is 260 g/mol. The standard InChI is InChI=1S/C14H20N2O4/c1-4-8-9-10(12(18)15(2)11(9)17)14(13(19)20-3)6-5-7-16(8)14/h8-10H,4-7H2,1-3H3/t8-,9+,10-,14+/m0/s1. The summed E-state index contributed by atoms with van der Waals surface area (Å²) >= 11 is 0. The Balaban J connectivity index is 2.14. The van der Waals surface area contributed by atoms with Crippen molar-refractivity contribution in [2.24, 2.45) is 11.8 Å². The van der Waals surface area contributed by atoms with Gasteiger partial charge in [-0.15, -0.1) is 0 Å². The average molecular weight is 280 g/mol. The summed E-state index contributed by atoms with van der Waals surface area (Å²) in [6, 6.07) is -0.0389. The van der Waals surface area contributed by atoms with Gasteiger partial charge in [-0.25, -0.2) is 0 Å². The molecule has 0 radical (unpaired) electrons. The van der Waals surface area contributed by atoms with Crippen LogP contribution in [0.15, 0.2) is 0 Å². The molecule has 3 rings (SSSR count). The highest BCUT2D eigenvalue weighted by molar-refractivity contribution is 6.09. The van der Waals surface area contributed by atoms with Crippen molar-refractivity contribution in [3.63, 3.8) is 0 Å². The van der Waals surface area contributed by atoms with Crippen LogP contribution in [0.5, 0.6) is 0 Å². The van der Waals surface area contributed by atoms with E-state index in [-0.39, 0.29) is 23.8 Å². The molecule has 0 saturated carbocycles. The Morgan fingerprint density at radius 2 is 2.10 bits per heavy atom. The van der Waals surface area contributed by atoms with Crippen LogP contribution in [0.2, 0.25) is 0 Å². The van der Waals surface area contributed by atoms with Crippen LogP contribution in [0.1, 0.15) is 26.2 Å². The number of nitrogens with zero attached hydrogens (tertiary/aromatic N) is 2. The fourth-order valence-corrected chi connectivity index (χ4v) is 4.57. The van der Waals surface area contributed by atoms with Gasteiger partial charge in [0.1, 0.15) is 5.54 Å². The molecule has 0 unspecified atom stereocenters. The van der Waals surface area contributed by atoms with Crippen LogP contribution in [0, 0.1) is 11.8 Å². The fourth-order valence-electron chi connectivity index (χ4n) is 4.57. The van der Waals surface area contributed by atoms with Crippen molar-refractivity contribution in [2.45, 2.75) is 37.8 Å². The number of ether oxygens (including phenoxy) is 1. The summed E-state index contributed by atoms with van der Waals surface area (Å²) < 4.78 is 5.00. The van der Waals surface area contributed by atoms with Crippen LogP contribution in [-0.2, 0) is 19.1 Å². The van der Waals surface area contributed by atoms with E-state index < -0.39 is 17.4 Å². The van der Waals surface area contributed by atoms with Gasteiger partial charge in [-0.3, -0.25) is 24.2 Å². The second kappa shape index (κ2) is 4.28. The first kappa shape index (κ1) is 13.5. The summed E-state index contributed by atoms with van der Waals surface area (Å²) in [5.41, 5.74) is -0.919. The van der Waals surface area contributed by atoms with E-state index in [4.69, 9.17) is 4.74 Å². The predicted molar refractivity (Wildman–Crippen MR) is 69.5 cm³/mol. The van der Waals surface area contributed by atoms with Gasteiger partial charge in [0.25, 0.3) is 0 Å². The summed E-state index contributed by atoms with van der Waals surface area (Å²) in [5, 5.41) is 0. The summed E-state index contributed by atoms with van der Waals surface area (Å²) in [5.74, 6) is -1.70. The summed E-state index contributed by atoms with van der Waals surface area (Å²) in [7, 11) is 2.87. The molecular formula is C14H20N2O4. The zero-order valence-corrected chi connectivity index (χ0v) is 12.1. The molecule has 0 aromatic heterocycles. The lowest BCUT2D eigenvalue weighted by molar-refractivity contribution is -0.158. The molecule has 3 saturated heterocycles. The number of amides is 2. The van der Waals surface area contributed by atoms with Gasteiger partial charge in [-0.1, -0.05) is 6.92 Å². The van der Waals surface area contributed by atoms with E-state index in [1.807, 2.05) is 6.92 Å². The molecule has 110 valence electrons. The van der Waals surface area contributed by atoms with Gasteiger partial charge in [0, 0.05) is 13.1 Å². The molecule has 2 amide bonds. The quantitative estimate of drug-likeness (QED) is 0.527. The van der Waals surface area contributed by atoms with Gasteiger partial charge >= 0.3 is 5.97 Å². The Bertz CT molecular complexity index is 492. The van der Waals surface area contributed by atoms with Crippen molar-refractivity contribution in [2.75, 3.05) is 20.7 Å². The summed E-state index contributed by atoms with van der Waals surface area (Å²) in [6.45, 7) is 2.76. The smallest absolute Gasteiger partial charge is 0.327 e. The molecule has 0 aromatic carbocycles. The SMILES string of the molecule is CC[C@H]1[C@H]2C(=O)N(C)C(=O)[C@H]2[C@@]2(C(=O)OC)CCCN12. The first-order chi connectivity index (χ1) is 9.50. The molecule has 6 nitrogen and oxygen atoms in total. The van der Waals surface area contributed by atoms with Crippen molar-refractivity contribution >= 4 is 17.8 Å². The molecule has 4 atom stereocenters. The number of carbonyl (C=O) groups is 3. The topological polar surface area (TPSA) is 66.9 Å². The monoisotopic (exact) mass is 280 g/mol. The maximum Gasteiger partial charge on any atom is 0.327 e. The molecule has 20 heavy (non-hydrogen) atoms. The molecule has 6 heteroatoms. The number of hydrogen-bond donors (Lipinski definition) is 0. The summed E-state index contributed by atoms with van der Waals surface area (Å²) in [4.78, 5) is 40.6. The Morgan fingerprint density at radius 3 is 2.70 bits per heavy atom. The van der Waals surface area contributed by atoms with E-state index in [2.05, 4.69) is 4.90 Å². The zero-order chi connectivity index (χ0) is 14.7. The van der Waals surface area contributed by atoms with Gasteiger partial charge < -0.3 is 4.74 Å². The maximum atomic E-state index is 12.5. The van der Waals surface area contributed by atoms with Gasteiger partial charge in [0.05, 0.1) is 18.9 Å². The van der Waals surface area contributed by atoms with Gasteiger partial charge in [0.15, 0.2) is 0 Å². The highest BCUT2D eigenvalue weighted by atomic mass is 16.5. The minimum atomic E-state index is -0.919. The molecule has 0 spiro atoms. The highest BCUT2D eigenvalue weighted by Crippen LogP contribution is 2.54. The number of methoxy groups -OCH3 is 1. The van der Waals surface area contributed by atoms with Crippen LogP contribution < -0.4 is 0 Å². The number of hydrogen-bond acceptors (Lipinski definition) is 5. The van der Waals surface area contributed by atoms with E-state index in [0.29, 0.717) is 6.42 Å². The first-order valence-corrected chi connectivity index (χ1v) is 7.17. The number of carbonyl (C=O) groups excluding carboxylic acids is 3. The number of rotatable bonds is 2. The minimum absolute atomic E-state index is 0.0389. The third-order valence-electron chi connectivity index (χ3n) is 5.33. The van der Waals surface area contributed by atoms with E-state index in [1.165, 1.54) is 19.1 Å². The van der Waals surface area contributed by atoms with Crippen molar-refractivity contribution < 1.29 is 19.1 Å². The molecule has 3 aliphatic rings. The highest BCUT2D eigenvalue weighted by Gasteiger charge is 2.72. The van der Waals surface area contributed by atoms with Crippen LogP contribution in [-0.4, -0.2) is 59.9 Å². The van der Waals surface area contributed by atoms with Crippen LogP contribution in [0.3, 0.4) is 0 Å². The molecule has 0 aromatic rings. The molecule has 0 N–H and O–H groups in total. The predicted octanol–water partition coefficient (Wildman–Crippen LogP) is 0.0172. The number of imide groups is 1. The Labute approximate surface area is 118 Å². The van der Waals surface area contributed by atoms with Crippen molar-refractivity contribution in [3.05, 3.63) is 0 Å². The van der Waals surface area contributed by atoms with Crippen LogP contribution in [0.25, 0.3) is 0 Å². The number of esters is 1. The zero-order valence-electron chi connectivity index (χ0n) is 12.1. The lowest BCUT2D eigenvalue weighted by Gasteiger charge is -2.35. The summed E-state index contributed by atoms with van der Waals surface area (Å²) in [6.07, 6.45) is 2.22. The average Bonchev–Trinajstić information content (AvgIpc) is 3.04. The Kier molecular flexibility index (Phi) is 2.90. The number of fused-ring (bicyclic) bond motifs is 3. The molecule has 3 heterocycles. The number of likely N-dealkylation sites (tertiary alicyclic amines) is 1. The van der Waals surface area contributed by atoms with Crippen molar-refractivity contribution in [1.29, 1.82) is 0 Å². The van der Waals surface area contributed by atoms with Crippen molar-refractivity contribution in [1.82, 2.24) is 9.80 Å². The van der Waals surface area contributed by atoms with Crippen LogP contribution >= 0.6 is 0 Å². The van der Waals surface area contributed by atoms with Crippen molar-refractivity contribution in [3.8, 4) is 0 Å². The normalized spacial score (nSPS) is 40.1. The largest absolute Gasteiger partial charge is 0.468 e. The lowest BCUT2D eigenvalue weighted by atomic mass is 9.78. The minimum Gasteiger partial charge on any atom is -0.468 e. The molecule has 3 aliphatic heterocycles. The molecule has 3 fully saturated rings. The van der Waals surface area contributed by atoms with Gasteiger partial charge in [-0.05, 0) is 25.8 Å². The van der Waals surface area contributed by atoms with Crippen LogP contribution in [0.4, 0.5) is 0 Å². The first-order valence-electron chi connectivity index (χ1n) is 7.17. The Morgan fingerprint density at radius 1 is 1.40 bits per heavy atom. The Hall–Kier alpha value is -1.43. The van der Waals surface area contributed by atoms with E-state index in [9.17, 15) is 14.4 Å². The molecule has 0 aliphatic carbocycles. The maximum absolute atomic E-state index is 12.5. The third kappa shape index (κ3) is 1.30. The fraction of sp³-hybridized carbons (Fsp3) is 0.786. The third-order valence-corrected chi connectivity index (χ3v) is 5.33. The second-order valence-electron chi connectivity index (χ2n) is 5.93. The van der Waals surface area contributed by atoms with Gasteiger partial charge in [-0.2, -0.15) is 0 Å². The lowest BCUT2D eigenvalue weighted by Crippen LogP contribution is -2.55. The van der Waals surface area contributed by atoms with E-state index in [1.54, 1.807) is 0 Å². The van der Waals surface area contributed by atoms with E-state index in [0.717, 1.165) is 19.4 Å².